The number of benzene rings is 3. The maximum atomic E-state index is 9.34. The first-order chi connectivity index (χ1) is 16.0. The average Bonchev–Trinajstić information content (AvgIpc) is 3.01. The third kappa shape index (κ3) is 4.44. The summed E-state index contributed by atoms with van der Waals surface area (Å²) in [5, 5.41) is 9.34. The third-order valence-electron chi connectivity index (χ3n) is 7.01. The highest BCUT2D eigenvalue weighted by Gasteiger charge is 2.51. The van der Waals surface area contributed by atoms with Crippen LogP contribution in [0.25, 0.3) is 11.1 Å². The number of hydrogen-bond donors (Lipinski definition) is 0. The van der Waals surface area contributed by atoms with E-state index in [-0.39, 0.29) is 0 Å². The summed E-state index contributed by atoms with van der Waals surface area (Å²) in [5.41, 5.74) is 7.98. The zero-order valence-electron chi connectivity index (χ0n) is 21.1. The third-order valence-corrected chi connectivity index (χ3v) is 7.01. The maximum Gasteiger partial charge on any atom is 0.494 e. The average molecular weight is 450 g/mol. The molecule has 0 unspecified atom stereocenters. The standard InChI is InChI=1S/C29H31BN2O2/c1-19-10-8-9-11-27(19)32-21(3)25-15-13-23(30-33-28(4,5)29(6,7)34-30)17-26(25)24-14-12-22(18-31)16-20(24)2/h8-17H,1-7H3. The van der Waals surface area contributed by atoms with Gasteiger partial charge in [-0.05, 0) is 94.4 Å². The molecule has 0 atom stereocenters. The molecule has 4 nitrogen and oxygen atoms in total. The lowest BCUT2D eigenvalue weighted by atomic mass is 9.76. The van der Waals surface area contributed by atoms with Crippen LogP contribution in [0.2, 0.25) is 0 Å². The van der Waals surface area contributed by atoms with Gasteiger partial charge in [0.1, 0.15) is 0 Å². The zero-order chi connectivity index (χ0) is 24.7. The summed E-state index contributed by atoms with van der Waals surface area (Å²) < 4.78 is 12.6. The molecule has 1 fully saturated rings. The van der Waals surface area contributed by atoms with Crippen molar-refractivity contribution in [3.8, 4) is 17.2 Å². The maximum absolute atomic E-state index is 9.34. The molecule has 3 aromatic carbocycles. The van der Waals surface area contributed by atoms with Gasteiger partial charge in [-0.1, -0.05) is 42.5 Å². The molecule has 1 saturated heterocycles. The Kier molecular flexibility index (Phi) is 6.25. The van der Waals surface area contributed by atoms with Crippen LogP contribution in [0.15, 0.2) is 65.7 Å². The molecule has 0 amide bonds. The van der Waals surface area contributed by atoms with E-state index < -0.39 is 18.3 Å². The van der Waals surface area contributed by atoms with Gasteiger partial charge < -0.3 is 9.31 Å². The molecule has 0 bridgehead atoms. The molecular weight excluding hydrogens is 419 g/mol. The van der Waals surface area contributed by atoms with E-state index in [1.165, 1.54) is 0 Å². The van der Waals surface area contributed by atoms with E-state index in [2.05, 4.69) is 65.0 Å². The fourth-order valence-corrected chi connectivity index (χ4v) is 4.19. The minimum atomic E-state index is -0.454. The number of rotatable bonds is 4. The van der Waals surface area contributed by atoms with Crippen LogP contribution in [0.1, 0.15) is 56.9 Å². The van der Waals surface area contributed by atoms with E-state index in [0.29, 0.717) is 5.56 Å². The summed E-state index contributed by atoms with van der Waals surface area (Å²) >= 11 is 0. The van der Waals surface area contributed by atoms with Gasteiger partial charge in [0.05, 0.1) is 28.5 Å². The fourth-order valence-electron chi connectivity index (χ4n) is 4.19. The molecule has 172 valence electrons. The van der Waals surface area contributed by atoms with Crippen molar-refractivity contribution in [2.24, 2.45) is 4.99 Å². The molecule has 0 saturated carbocycles. The van der Waals surface area contributed by atoms with E-state index in [1.54, 1.807) is 0 Å². The summed E-state index contributed by atoms with van der Waals surface area (Å²) in [6, 6.07) is 22.5. The number of nitrogens with zero attached hydrogens (tertiary/aromatic N) is 2. The lowest BCUT2D eigenvalue weighted by Crippen LogP contribution is -2.41. The first kappa shape index (κ1) is 23.9. The Morgan fingerprint density at radius 2 is 1.53 bits per heavy atom. The second-order valence-corrected chi connectivity index (χ2v) is 10.0. The van der Waals surface area contributed by atoms with Gasteiger partial charge >= 0.3 is 7.12 Å². The van der Waals surface area contributed by atoms with E-state index >= 15 is 0 Å². The predicted octanol–water partition coefficient (Wildman–Crippen LogP) is 6.28. The molecule has 5 heteroatoms. The van der Waals surface area contributed by atoms with Crippen molar-refractivity contribution in [2.45, 2.75) is 59.7 Å². The molecular formula is C29H31BN2O2. The van der Waals surface area contributed by atoms with Crippen molar-refractivity contribution in [1.29, 1.82) is 5.26 Å². The molecule has 1 heterocycles. The van der Waals surface area contributed by atoms with Crippen LogP contribution in [0, 0.1) is 25.2 Å². The van der Waals surface area contributed by atoms with Crippen molar-refractivity contribution >= 4 is 24.0 Å². The molecule has 3 aromatic rings. The second kappa shape index (κ2) is 8.87. The van der Waals surface area contributed by atoms with Gasteiger partial charge in [-0.2, -0.15) is 5.26 Å². The minimum Gasteiger partial charge on any atom is -0.399 e. The van der Waals surface area contributed by atoms with Crippen LogP contribution < -0.4 is 5.46 Å². The van der Waals surface area contributed by atoms with Crippen molar-refractivity contribution in [2.75, 3.05) is 0 Å². The highest BCUT2D eigenvalue weighted by atomic mass is 16.7. The van der Waals surface area contributed by atoms with Gasteiger partial charge in [-0.15, -0.1) is 0 Å². The topological polar surface area (TPSA) is 54.6 Å². The lowest BCUT2D eigenvalue weighted by molar-refractivity contribution is 0.00578. The highest BCUT2D eigenvalue weighted by molar-refractivity contribution is 6.62. The number of para-hydroxylation sites is 1. The van der Waals surface area contributed by atoms with Gasteiger partial charge in [-0.3, -0.25) is 4.99 Å². The lowest BCUT2D eigenvalue weighted by Gasteiger charge is -2.32. The second-order valence-electron chi connectivity index (χ2n) is 10.0. The van der Waals surface area contributed by atoms with Crippen molar-refractivity contribution in [1.82, 2.24) is 0 Å². The molecule has 4 rings (SSSR count). The number of aliphatic imine (C=N–C) groups is 1. The van der Waals surface area contributed by atoms with Gasteiger partial charge in [0, 0.05) is 11.3 Å². The van der Waals surface area contributed by atoms with E-state index in [1.807, 2.05) is 50.2 Å². The number of nitriles is 1. The molecule has 1 aliphatic heterocycles. The number of hydrogen-bond acceptors (Lipinski definition) is 4. The largest absolute Gasteiger partial charge is 0.494 e. The Morgan fingerprint density at radius 1 is 0.853 bits per heavy atom. The molecule has 0 radical (unpaired) electrons. The van der Waals surface area contributed by atoms with Crippen LogP contribution in [-0.4, -0.2) is 24.0 Å². The summed E-state index contributed by atoms with van der Waals surface area (Å²) in [6.07, 6.45) is 0. The van der Waals surface area contributed by atoms with Gasteiger partial charge in [0.2, 0.25) is 0 Å². The molecule has 34 heavy (non-hydrogen) atoms. The highest BCUT2D eigenvalue weighted by Crippen LogP contribution is 2.37. The quantitative estimate of drug-likeness (QED) is 0.347. The summed E-state index contributed by atoms with van der Waals surface area (Å²) in [7, 11) is -0.454. The van der Waals surface area contributed by atoms with Crippen LogP contribution >= 0.6 is 0 Å². The Morgan fingerprint density at radius 3 is 2.15 bits per heavy atom. The first-order valence-electron chi connectivity index (χ1n) is 11.6. The Labute approximate surface area is 203 Å². The normalized spacial score (nSPS) is 17.0. The van der Waals surface area contributed by atoms with Gasteiger partial charge in [-0.25, -0.2) is 0 Å². The SMILES string of the molecule is CC(=Nc1ccccc1C)c1ccc(B2OC(C)(C)C(C)(C)O2)cc1-c1ccc(C#N)cc1C. The molecule has 0 aromatic heterocycles. The van der Waals surface area contributed by atoms with Crippen LogP contribution in [0.3, 0.4) is 0 Å². The smallest absolute Gasteiger partial charge is 0.399 e. The van der Waals surface area contributed by atoms with Gasteiger partial charge in [0.15, 0.2) is 0 Å². The Bertz CT molecular complexity index is 1300. The van der Waals surface area contributed by atoms with Crippen molar-refractivity contribution in [3.05, 3.63) is 82.9 Å². The monoisotopic (exact) mass is 450 g/mol. The molecule has 1 aliphatic rings. The first-order valence-corrected chi connectivity index (χ1v) is 11.6. The van der Waals surface area contributed by atoms with Crippen LogP contribution in [0.4, 0.5) is 5.69 Å². The summed E-state index contributed by atoms with van der Waals surface area (Å²) in [4.78, 5) is 4.95. The molecule has 0 aliphatic carbocycles. The van der Waals surface area contributed by atoms with E-state index in [9.17, 15) is 5.26 Å². The van der Waals surface area contributed by atoms with Crippen LogP contribution in [-0.2, 0) is 9.31 Å². The summed E-state index contributed by atoms with van der Waals surface area (Å²) in [5.74, 6) is 0. The fraction of sp³-hybridized carbons (Fsp3) is 0.310. The zero-order valence-corrected chi connectivity index (χ0v) is 21.1. The summed E-state index contributed by atoms with van der Waals surface area (Å²) in [6.45, 7) is 14.4. The number of aryl methyl sites for hydroxylation is 2. The van der Waals surface area contributed by atoms with Gasteiger partial charge in [0.25, 0.3) is 0 Å². The minimum absolute atomic E-state index is 0.414. The Balaban J connectivity index is 1.86. The molecule has 0 spiro atoms. The molecule has 0 N–H and O–H groups in total. The Hall–Kier alpha value is -3.20. The van der Waals surface area contributed by atoms with Crippen molar-refractivity contribution in [3.63, 3.8) is 0 Å². The van der Waals surface area contributed by atoms with Crippen molar-refractivity contribution < 1.29 is 9.31 Å². The van der Waals surface area contributed by atoms with E-state index in [4.69, 9.17) is 14.3 Å². The van der Waals surface area contributed by atoms with E-state index in [0.717, 1.165) is 44.7 Å². The van der Waals surface area contributed by atoms with Crippen LogP contribution in [0.5, 0.6) is 0 Å². The predicted molar refractivity (Wildman–Crippen MR) is 140 cm³/mol.